The van der Waals surface area contributed by atoms with Gasteiger partial charge in [0.25, 0.3) is 0 Å². The molecule has 0 spiro atoms. The summed E-state index contributed by atoms with van der Waals surface area (Å²) in [4.78, 5) is 21.9. The summed E-state index contributed by atoms with van der Waals surface area (Å²) in [6.45, 7) is 0. The summed E-state index contributed by atoms with van der Waals surface area (Å²) < 4.78 is 17.1. The highest BCUT2D eigenvalue weighted by atomic mass is 35.5. The Morgan fingerprint density at radius 2 is 2.13 bits per heavy atom. The third kappa shape index (κ3) is 1.78. The van der Waals surface area contributed by atoms with Crippen molar-refractivity contribution in [2.75, 3.05) is 0 Å². The molecule has 1 aliphatic heterocycles. The maximum atomic E-state index is 12.8. The van der Waals surface area contributed by atoms with Crippen molar-refractivity contribution in [2.45, 2.75) is 6.04 Å². The number of rotatable bonds is 1. The quantitative estimate of drug-likeness (QED) is 0.590. The van der Waals surface area contributed by atoms with Crippen LogP contribution in [0.3, 0.4) is 0 Å². The van der Waals surface area contributed by atoms with Crippen LogP contribution in [0.2, 0.25) is 5.02 Å². The summed E-state index contributed by atoms with van der Waals surface area (Å²) >= 11 is 5.54. The molecule has 0 saturated carbocycles. The van der Waals surface area contributed by atoms with Crippen LogP contribution in [0.25, 0.3) is 0 Å². The lowest BCUT2D eigenvalue weighted by molar-refractivity contribution is -0.135. The molecule has 2 rings (SSSR count). The van der Waals surface area contributed by atoms with Gasteiger partial charge < -0.3 is 10.1 Å². The van der Waals surface area contributed by atoms with E-state index >= 15 is 0 Å². The Kier molecular flexibility index (Phi) is 2.32. The van der Waals surface area contributed by atoms with Crippen LogP contribution in [0, 0.1) is 5.82 Å². The van der Waals surface area contributed by atoms with E-state index in [0.29, 0.717) is 5.56 Å². The summed E-state index contributed by atoms with van der Waals surface area (Å²) in [5.41, 5.74) is 0.386. The minimum atomic E-state index is -0.907. The zero-order valence-corrected chi connectivity index (χ0v) is 8.05. The summed E-state index contributed by atoms with van der Waals surface area (Å²) in [5.74, 6) is -1.30. The van der Waals surface area contributed by atoms with Gasteiger partial charge in [0.15, 0.2) is 6.04 Å². The van der Waals surface area contributed by atoms with Gasteiger partial charge in [0, 0.05) is 0 Å². The molecule has 1 N–H and O–H groups in total. The van der Waals surface area contributed by atoms with Crippen molar-refractivity contribution in [3.63, 3.8) is 0 Å². The number of hydrogen-bond acceptors (Lipinski definition) is 3. The van der Waals surface area contributed by atoms with Crippen molar-refractivity contribution in [1.29, 1.82) is 0 Å². The number of benzene rings is 1. The number of carbonyl (C=O) groups is 2. The first-order valence-electron chi connectivity index (χ1n) is 4.05. The molecule has 4 nitrogen and oxygen atoms in total. The minimum Gasteiger partial charge on any atom is -0.374 e. The van der Waals surface area contributed by atoms with Gasteiger partial charge in [-0.15, -0.1) is 0 Å². The topological polar surface area (TPSA) is 55.4 Å². The smallest absolute Gasteiger partial charge is 0.374 e. The molecule has 78 valence electrons. The van der Waals surface area contributed by atoms with Gasteiger partial charge >= 0.3 is 12.1 Å². The van der Waals surface area contributed by atoms with Crippen LogP contribution in [0.15, 0.2) is 18.2 Å². The second-order valence-corrected chi connectivity index (χ2v) is 3.37. The third-order valence-electron chi connectivity index (χ3n) is 1.97. The van der Waals surface area contributed by atoms with Gasteiger partial charge in [0.05, 0.1) is 5.02 Å². The van der Waals surface area contributed by atoms with Crippen LogP contribution >= 0.6 is 11.6 Å². The van der Waals surface area contributed by atoms with Crippen LogP contribution < -0.4 is 5.32 Å². The van der Waals surface area contributed by atoms with Gasteiger partial charge in [0.1, 0.15) is 5.82 Å². The minimum absolute atomic E-state index is 0.110. The summed E-state index contributed by atoms with van der Waals surface area (Å²) in [7, 11) is 0. The largest absolute Gasteiger partial charge is 0.415 e. The Hall–Kier alpha value is -1.62. The predicted molar refractivity (Wildman–Crippen MR) is 48.8 cm³/mol. The fourth-order valence-electron chi connectivity index (χ4n) is 1.27. The van der Waals surface area contributed by atoms with Gasteiger partial charge in [-0.25, -0.2) is 14.0 Å². The number of hydrogen-bond donors (Lipinski definition) is 1. The van der Waals surface area contributed by atoms with E-state index in [1.165, 1.54) is 12.1 Å². The molecule has 0 bridgehead atoms. The second-order valence-electron chi connectivity index (χ2n) is 2.96. The standard InChI is InChI=1S/C9H5ClFNO3/c10-5-3-4(1-2-6(5)11)7-8(13)15-9(14)12-7/h1-3,7H,(H,12,14). The van der Waals surface area contributed by atoms with Crippen LogP contribution in [-0.2, 0) is 9.53 Å². The number of cyclic esters (lactones) is 2. The van der Waals surface area contributed by atoms with E-state index in [0.717, 1.165) is 6.07 Å². The maximum Gasteiger partial charge on any atom is 0.415 e. The van der Waals surface area contributed by atoms with Gasteiger partial charge in [-0.1, -0.05) is 17.7 Å². The van der Waals surface area contributed by atoms with Crippen LogP contribution in [-0.4, -0.2) is 12.1 Å². The average Bonchev–Trinajstić information content (AvgIpc) is 2.50. The van der Waals surface area contributed by atoms with E-state index in [4.69, 9.17) is 11.6 Å². The van der Waals surface area contributed by atoms with E-state index in [9.17, 15) is 14.0 Å². The Morgan fingerprint density at radius 3 is 2.67 bits per heavy atom. The Balaban J connectivity index is 2.34. The second kappa shape index (κ2) is 3.51. The predicted octanol–water partition coefficient (Wildman–Crippen LogP) is 1.79. The zero-order valence-electron chi connectivity index (χ0n) is 7.29. The molecular weight excluding hydrogens is 225 g/mol. The zero-order chi connectivity index (χ0) is 11.0. The lowest BCUT2D eigenvalue weighted by Gasteiger charge is -2.06. The average molecular weight is 230 g/mol. The summed E-state index contributed by atoms with van der Waals surface area (Å²) in [6.07, 6.45) is -0.814. The summed E-state index contributed by atoms with van der Waals surface area (Å²) in [5, 5.41) is 2.17. The highest BCUT2D eigenvalue weighted by Crippen LogP contribution is 2.24. The number of amides is 1. The van der Waals surface area contributed by atoms with Crippen LogP contribution in [0.5, 0.6) is 0 Å². The van der Waals surface area contributed by atoms with E-state index in [-0.39, 0.29) is 5.02 Å². The lowest BCUT2D eigenvalue weighted by atomic mass is 10.1. The molecule has 1 fully saturated rings. The molecule has 0 aliphatic carbocycles. The SMILES string of the molecule is O=C1NC(c2ccc(F)c(Cl)c2)C(=O)O1. The van der Waals surface area contributed by atoms with Crippen LogP contribution in [0.1, 0.15) is 11.6 Å². The van der Waals surface area contributed by atoms with Gasteiger partial charge in [-0.3, -0.25) is 0 Å². The van der Waals surface area contributed by atoms with Crippen LogP contribution in [0.4, 0.5) is 9.18 Å². The molecule has 0 aromatic heterocycles. The van der Waals surface area contributed by atoms with Crippen molar-refractivity contribution in [1.82, 2.24) is 5.32 Å². The molecule has 1 amide bonds. The molecule has 6 heteroatoms. The van der Waals surface area contributed by atoms with E-state index in [1.807, 2.05) is 0 Å². The number of esters is 1. The monoisotopic (exact) mass is 229 g/mol. The molecular formula is C9H5ClFNO3. The van der Waals surface area contributed by atoms with Gasteiger partial charge in [-0.05, 0) is 17.7 Å². The molecule has 1 saturated heterocycles. The van der Waals surface area contributed by atoms with Crippen molar-refractivity contribution >= 4 is 23.7 Å². The number of nitrogens with one attached hydrogen (secondary N) is 1. The Bertz CT molecular complexity index is 449. The first kappa shape index (κ1) is 9.92. The number of halogens is 2. The number of ether oxygens (including phenoxy) is 1. The fourth-order valence-corrected chi connectivity index (χ4v) is 1.46. The molecule has 1 aromatic carbocycles. The molecule has 1 aliphatic rings. The third-order valence-corrected chi connectivity index (χ3v) is 2.26. The van der Waals surface area contributed by atoms with Crippen molar-refractivity contribution < 1.29 is 18.7 Å². The Morgan fingerprint density at radius 1 is 1.40 bits per heavy atom. The molecule has 0 radical (unpaired) electrons. The van der Waals surface area contributed by atoms with Gasteiger partial charge in [-0.2, -0.15) is 0 Å². The van der Waals surface area contributed by atoms with E-state index < -0.39 is 23.9 Å². The number of carbonyl (C=O) groups excluding carboxylic acids is 2. The summed E-state index contributed by atoms with van der Waals surface area (Å²) in [6, 6.07) is 2.85. The number of alkyl carbamates (subject to hydrolysis) is 1. The molecule has 1 heterocycles. The molecule has 1 atom stereocenters. The van der Waals surface area contributed by atoms with E-state index in [2.05, 4.69) is 10.1 Å². The van der Waals surface area contributed by atoms with Crippen molar-refractivity contribution in [3.8, 4) is 0 Å². The maximum absolute atomic E-state index is 12.8. The molecule has 1 aromatic rings. The first-order valence-corrected chi connectivity index (χ1v) is 4.43. The molecule has 15 heavy (non-hydrogen) atoms. The fraction of sp³-hybridized carbons (Fsp3) is 0.111. The van der Waals surface area contributed by atoms with Crippen molar-refractivity contribution in [3.05, 3.63) is 34.6 Å². The Labute approximate surface area is 89.0 Å². The van der Waals surface area contributed by atoms with Crippen molar-refractivity contribution in [2.24, 2.45) is 0 Å². The van der Waals surface area contributed by atoms with E-state index in [1.54, 1.807) is 0 Å². The highest BCUT2D eigenvalue weighted by molar-refractivity contribution is 6.30. The molecule has 1 unspecified atom stereocenters. The lowest BCUT2D eigenvalue weighted by Crippen LogP contribution is -2.19. The first-order chi connectivity index (χ1) is 7.08. The highest BCUT2D eigenvalue weighted by Gasteiger charge is 2.33. The van der Waals surface area contributed by atoms with Gasteiger partial charge in [0.2, 0.25) is 0 Å². The normalized spacial score (nSPS) is 20.0.